The topological polar surface area (TPSA) is 35.9 Å². The Hall–Kier alpha value is -1.95. The summed E-state index contributed by atoms with van der Waals surface area (Å²) in [7, 11) is 0. The van der Waals surface area contributed by atoms with E-state index in [1.165, 1.54) is 24.5 Å². The number of hydrogen-bond acceptors (Lipinski definition) is 4. The van der Waals surface area contributed by atoms with Crippen molar-refractivity contribution in [2.24, 2.45) is 5.92 Å². The molecule has 5 heteroatoms. The second-order valence-electron chi connectivity index (χ2n) is 8.24. The summed E-state index contributed by atoms with van der Waals surface area (Å²) in [5, 5.41) is 8.95. The van der Waals surface area contributed by atoms with Gasteiger partial charge in [-0.05, 0) is 73.7 Å². The fourth-order valence-corrected chi connectivity index (χ4v) is 4.31. The number of hydrogen-bond donors (Lipinski definition) is 1. The van der Waals surface area contributed by atoms with E-state index in [9.17, 15) is 4.39 Å². The lowest BCUT2D eigenvalue weighted by molar-refractivity contribution is 0.133. The number of ether oxygens (including phenoxy) is 1. The summed E-state index contributed by atoms with van der Waals surface area (Å²) in [6, 6.07) is 15.1. The first-order valence-corrected chi connectivity index (χ1v) is 11.2. The molecule has 30 heavy (non-hydrogen) atoms. The number of benzene rings is 2. The standard InChI is InChI=1S/C25H35FN2O2/c1-2-27(18-22-7-4-10-25(17-22)30-15-14-29)19-23-8-5-12-28(20-23)13-11-21-6-3-9-24(26)16-21/h3-4,6-7,9-10,16-17,23,29H,2,5,8,11-15,18-20H2,1H3/t23-/m0/s1. The molecule has 0 aliphatic carbocycles. The van der Waals surface area contributed by atoms with Gasteiger partial charge in [-0.15, -0.1) is 0 Å². The molecule has 0 unspecified atom stereocenters. The van der Waals surface area contributed by atoms with E-state index in [4.69, 9.17) is 9.84 Å². The Morgan fingerprint density at radius 3 is 2.80 bits per heavy atom. The quantitative estimate of drug-likeness (QED) is 0.604. The van der Waals surface area contributed by atoms with Crippen molar-refractivity contribution in [3.63, 3.8) is 0 Å². The third kappa shape index (κ3) is 7.38. The molecular formula is C25H35FN2O2. The van der Waals surface area contributed by atoms with E-state index in [0.717, 1.165) is 57.0 Å². The maximum Gasteiger partial charge on any atom is 0.123 e. The molecule has 1 heterocycles. The van der Waals surface area contributed by atoms with Crippen LogP contribution in [0.25, 0.3) is 0 Å². The highest BCUT2D eigenvalue weighted by Gasteiger charge is 2.21. The Kier molecular flexibility index (Phi) is 9.12. The van der Waals surface area contributed by atoms with Crippen molar-refractivity contribution in [3.8, 4) is 5.75 Å². The lowest BCUT2D eigenvalue weighted by Gasteiger charge is -2.35. The van der Waals surface area contributed by atoms with E-state index < -0.39 is 0 Å². The van der Waals surface area contributed by atoms with Crippen molar-refractivity contribution in [2.75, 3.05) is 45.9 Å². The largest absolute Gasteiger partial charge is 0.491 e. The van der Waals surface area contributed by atoms with Gasteiger partial charge in [-0.3, -0.25) is 4.90 Å². The molecular weight excluding hydrogens is 379 g/mol. The molecule has 0 saturated carbocycles. The fraction of sp³-hybridized carbons (Fsp3) is 0.520. The summed E-state index contributed by atoms with van der Waals surface area (Å²) in [5.74, 6) is 1.34. The molecule has 2 aromatic carbocycles. The number of aliphatic hydroxyl groups excluding tert-OH is 1. The molecule has 4 nitrogen and oxygen atoms in total. The van der Waals surface area contributed by atoms with Gasteiger partial charge in [-0.2, -0.15) is 0 Å². The SMILES string of the molecule is CCN(Cc1cccc(OCCO)c1)C[C@@H]1CCCN(CCc2cccc(F)c2)C1. The Balaban J connectivity index is 1.48. The van der Waals surface area contributed by atoms with Crippen LogP contribution in [-0.4, -0.2) is 60.8 Å². The molecule has 1 saturated heterocycles. The van der Waals surface area contributed by atoms with E-state index in [1.54, 1.807) is 12.1 Å². The van der Waals surface area contributed by atoms with Gasteiger partial charge in [0.05, 0.1) is 6.61 Å². The van der Waals surface area contributed by atoms with Crippen molar-refractivity contribution in [1.82, 2.24) is 9.80 Å². The number of nitrogens with zero attached hydrogens (tertiary/aromatic N) is 2. The van der Waals surface area contributed by atoms with E-state index >= 15 is 0 Å². The predicted octanol–water partition coefficient (Wildman–Crippen LogP) is 3.97. The second kappa shape index (κ2) is 12.0. The maximum absolute atomic E-state index is 13.4. The summed E-state index contributed by atoms with van der Waals surface area (Å²) >= 11 is 0. The summed E-state index contributed by atoms with van der Waals surface area (Å²) < 4.78 is 19.0. The molecule has 1 aliphatic heterocycles. The first-order valence-electron chi connectivity index (χ1n) is 11.2. The van der Waals surface area contributed by atoms with Gasteiger partial charge in [0.15, 0.2) is 0 Å². The van der Waals surface area contributed by atoms with Crippen LogP contribution >= 0.6 is 0 Å². The van der Waals surface area contributed by atoms with Gasteiger partial charge < -0.3 is 14.7 Å². The first-order chi connectivity index (χ1) is 14.7. The Morgan fingerprint density at radius 1 is 1.17 bits per heavy atom. The van der Waals surface area contributed by atoms with E-state index in [-0.39, 0.29) is 12.4 Å². The number of halogens is 1. The van der Waals surface area contributed by atoms with Gasteiger partial charge in [-0.25, -0.2) is 4.39 Å². The highest BCUT2D eigenvalue weighted by atomic mass is 19.1. The summed E-state index contributed by atoms with van der Waals surface area (Å²) in [6.45, 7) is 8.85. The first kappa shape index (κ1) is 22.7. The monoisotopic (exact) mass is 414 g/mol. The van der Waals surface area contributed by atoms with Gasteiger partial charge in [-0.1, -0.05) is 31.2 Å². The van der Waals surface area contributed by atoms with E-state index in [2.05, 4.69) is 28.9 Å². The summed E-state index contributed by atoms with van der Waals surface area (Å²) in [4.78, 5) is 5.04. The molecule has 0 amide bonds. The minimum atomic E-state index is -0.145. The van der Waals surface area contributed by atoms with Crippen LogP contribution in [0.3, 0.4) is 0 Å². The van der Waals surface area contributed by atoms with Gasteiger partial charge >= 0.3 is 0 Å². The van der Waals surface area contributed by atoms with Crippen molar-refractivity contribution in [3.05, 3.63) is 65.5 Å². The minimum Gasteiger partial charge on any atom is -0.491 e. The zero-order valence-corrected chi connectivity index (χ0v) is 18.1. The average molecular weight is 415 g/mol. The summed E-state index contributed by atoms with van der Waals surface area (Å²) in [6.07, 6.45) is 3.41. The summed E-state index contributed by atoms with van der Waals surface area (Å²) in [5.41, 5.74) is 2.32. The minimum absolute atomic E-state index is 0.0305. The van der Waals surface area contributed by atoms with Crippen LogP contribution in [-0.2, 0) is 13.0 Å². The van der Waals surface area contributed by atoms with Crippen molar-refractivity contribution in [1.29, 1.82) is 0 Å². The Morgan fingerprint density at radius 2 is 2.00 bits per heavy atom. The molecule has 2 aromatic rings. The molecule has 0 bridgehead atoms. The molecule has 3 rings (SSSR count). The molecule has 1 N–H and O–H groups in total. The molecule has 164 valence electrons. The average Bonchev–Trinajstić information content (AvgIpc) is 2.76. The van der Waals surface area contributed by atoms with Crippen LogP contribution in [0.1, 0.15) is 30.9 Å². The maximum atomic E-state index is 13.4. The predicted molar refractivity (Wildman–Crippen MR) is 119 cm³/mol. The molecule has 1 atom stereocenters. The van der Waals surface area contributed by atoms with Crippen LogP contribution in [0.15, 0.2) is 48.5 Å². The Bertz CT molecular complexity index is 770. The van der Waals surface area contributed by atoms with Crippen LogP contribution in [0, 0.1) is 11.7 Å². The number of likely N-dealkylation sites (tertiary alicyclic amines) is 1. The van der Waals surface area contributed by atoms with Crippen LogP contribution in [0.2, 0.25) is 0 Å². The highest BCUT2D eigenvalue weighted by Crippen LogP contribution is 2.20. The van der Waals surface area contributed by atoms with Gasteiger partial charge in [0, 0.05) is 26.2 Å². The third-order valence-corrected chi connectivity index (χ3v) is 5.84. The normalized spacial score (nSPS) is 17.4. The molecule has 0 spiro atoms. The third-order valence-electron chi connectivity index (χ3n) is 5.84. The van der Waals surface area contributed by atoms with Crippen LogP contribution in [0.5, 0.6) is 5.75 Å². The highest BCUT2D eigenvalue weighted by molar-refractivity contribution is 5.28. The van der Waals surface area contributed by atoms with Gasteiger partial charge in [0.25, 0.3) is 0 Å². The lowest BCUT2D eigenvalue weighted by Crippen LogP contribution is -2.41. The van der Waals surface area contributed by atoms with Crippen LogP contribution in [0.4, 0.5) is 4.39 Å². The van der Waals surface area contributed by atoms with Gasteiger partial charge in [0.2, 0.25) is 0 Å². The zero-order chi connectivity index (χ0) is 21.2. The van der Waals surface area contributed by atoms with Crippen LogP contribution < -0.4 is 4.74 Å². The fourth-order valence-electron chi connectivity index (χ4n) is 4.31. The Labute approximate surface area is 180 Å². The zero-order valence-electron chi connectivity index (χ0n) is 18.1. The second-order valence-corrected chi connectivity index (χ2v) is 8.24. The van der Waals surface area contributed by atoms with Crippen molar-refractivity contribution >= 4 is 0 Å². The number of rotatable bonds is 11. The number of piperidine rings is 1. The van der Waals surface area contributed by atoms with E-state index in [0.29, 0.717) is 12.5 Å². The van der Waals surface area contributed by atoms with Gasteiger partial charge in [0.1, 0.15) is 18.2 Å². The van der Waals surface area contributed by atoms with E-state index in [1.807, 2.05) is 18.2 Å². The lowest BCUT2D eigenvalue weighted by atomic mass is 9.96. The molecule has 1 aliphatic rings. The molecule has 0 radical (unpaired) electrons. The smallest absolute Gasteiger partial charge is 0.123 e. The van der Waals surface area contributed by atoms with Crippen molar-refractivity contribution < 1.29 is 14.2 Å². The molecule has 0 aromatic heterocycles. The van der Waals surface area contributed by atoms with Crippen molar-refractivity contribution in [2.45, 2.75) is 32.7 Å². The number of aliphatic hydroxyl groups is 1. The molecule has 1 fully saturated rings.